The number of carbonyl (C=O) groups is 1. The van der Waals surface area contributed by atoms with Crippen molar-refractivity contribution in [2.45, 2.75) is 31.4 Å². The van der Waals surface area contributed by atoms with Crippen LogP contribution in [0.25, 0.3) is 11.0 Å². The molecule has 4 rings (SSSR count). The first-order chi connectivity index (χ1) is 12.3. The van der Waals surface area contributed by atoms with Gasteiger partial charge in [0.25, 0.3) is 0 Å². The molecule has 8 heteroatoms. The highest BCUT2D eigenvalue weighted by Gasteiger charge is 2.44. The van der Waals surface area contributed by atoms with E-state index in [0.29, 0.717) is 11.1 Å². The summed E-state index contributed by atoms with van der Waals surface area (Å²) < 4.78 is 44.4. The summed E-state index contributed by atoms with van der Waals surface area (Å²) in [5.41, 5.74) is -0.389. The largest absolute Gasteiger partial charge is 0.481 e. The topological polar surface area (TPSA) is 66.6 Å². The smallest absolute Gasteiger partial charge is 0.420 e. The molecule has 2 fully saturated rings. The predicted molar refractivity (Wildman–Crippen MR) is 86.7 cm³/mol. The van der Waals surface area contributed by atoms with Crippen molar-refractivity contribution in [3.63, 3.8) is 0 Å². The number of halogens is 3. The lowest BCUT2D eigenvalue weighted by atomic mass is 9.91. The molecule has 1 saturated carbocycles. The van der Waals surface area contributed by atoms with Gasteiger partial charge in [0, 0.05) is 17.8 Å². The maximum Gasteiger partial charge on any atom is 0.420 e. The molecule has 1 aliphatic heterocycles. The second kappa shape index (κ2) is 6.26. The molecule has 1 aromatic carbocycles. The Bertz CT molecular complexity index is 825. The Balaban J connectivity index is 1.44. The van der Waals surface area contributed by atoms with Gasteiger partial charge in [-0.3, -0.25) is 4.79 Å². The summed E-state index contributed by atoms with van der Waals surface area (Å²) in [6, 6.07) is 4.03. The first-order valence-electron chi connectivity index (χ1n) is 8.75. The first kappa shape index (κ1) is 17.3. The Morgan fingerprint density at radius 1 is 1.31 bits per heavy atom. The zero-order valence-electron chi connectivity index (χ0n) is 14.0. The average molecular weight is 368 g/mol. The Morgan fingerprint density at radius 2 is 2.04 bits per heavy atom. The molecular weight excluding hydrogens is 349 g/mol. The molecule has 0 bridgehead atoms. The molecule has 5 nitrogen and oxygen atoms in total. The number of likely N-dealkylation sites (tertiary alicyclic amines) is 1. The lowest BCUT2D eigenvalue weighted by Crippen LogP contribution is -2.35. The van der Waals surface area contributed by atoms with Crippen LogP contribution in [0.15, 0.2) is 22.7 Å². The zero-order valence-corrected chi connectivity index (χ0v) is 14.0. The number of benzene rings is 1. The number of rotatable bonds is 4. The van der Waals surface area contributed by atoms with Crippen LogP contribution in [0, 0.1) is 11.8 Å². The number of carboxylic acids is 1. The van der Waals surface area contributed by atoms with Crippen LogP contribution in [0.1, 0.15) is 36.4 Å². The van der Waals surface area contributed by atoms with Gasteiger partial charge in [0.15, 0.2) is 5.58 Å². The molecule has 0 radical (unpaired) electrons. The monoisotopic (exact) mass is 368 g/mol. The van der Waals surface area contributed by atoms with Crippen LogP contribution in [0.3, 0.4) is 0 Å². The molecule has 2 aromatic rings. The molecule has 2 heterocycles. The maximum absolute atomic E-state index is 13.1. The van der Waals surface area contributed by atoms with Crippen LogP contribution in [0.2, 0.25) is 0 Å². The van der Waals surface area contributed by atoms with Gasteiger partial charge in [0.2, 0.25) is 0 Å². The number of hydrogen-bond acceptors (Lipinski definition) is 4. The van der Waals surface area contributed by atoms with Crippen molar-refractivity contribution < 1.29 is 27.6 Å². The molecule has 2 aliphatic rings. The number of carboxylic acid groups (broad SMARTS) is 1. The number of hydrogen-bond donors (Lipinski definition) is 1. The van der Waals surface area contributed by atoms with Crippen molar-refractivity contribution in [3.8, 4) is 0 Å². The normalized spacial score (nSPS) is 24.9. The van der Waals surface area contributed by atoms with Gasteiger partial charge in [0.1, 0.15) is 5.56 Å². The third kappa shape index (κ3) is 3.18. The Kier molecular flexibility index (Phi) is 4.17. The standard InChI is InChI=1S/C18H19F3N2O3/c19-18(20,21)14-3-1-2-12-15(22-26-16(12)14)10-4-6-23(7-5-10)9-11-8-13(11)17(24)25/h1-3,10-11,13H,4-9H2,(H,24,25)/t11?,13-/m1/s1. The zero-order chi connectivity index (χ0) is 18.5. The second-order valence-corrected chi connectivity index (χ2v) is 7.26. The van der Waals surface area contributed by atoms with Crippen molar-refractivity contribution in [2.75, 3.05) is 19.6 Å². The fourth-order valence-electron chi connectivity index (χ4n) is 3.97. The van der Waals surface area contributed by atoms with Crippen LogP contribution in [0.4, 0.5) is 13.2 Å². The Hall–Kier alpha value is -2.09. The van der Waals surface area contributed by atoms with Gasteiger partial charge in [-0.1, -0.05) is 11.2 Å². The SMILES string of the molecule is O=C(O)[C@@H]1CC1CN1CCC(c2noc3c(C(F)(F)F)cccc23)CC1. The summed E-state index contributed by atoms with van der Waals surface area (Å²) in [6.45, 7) is 2.36. The number of aromatic nitrogens is 1. The van der Waals surface area contributed by atoms with E-state index in [1.54, 1.807) is 6.07 Å². The molecule has 140 valence electrons. The van der Waals surface area contributed by atoms with Crippen LogP contribution in [-0.2, 0) is 11.0 Å². The van der Waals surface area contributed by atoms with E-state index in [-0.39, 0.29) is 23.3 Å². The van der Waals surface area contributed by atoms with Crippen LogP contribution < -0.4 is 0 Å². The minimum Gasteiger partial charge on any atom is -0.481 e. The highest BCUT2D eigenvalue weighted by molar-refractivity contribution is 5.83. The molecule has 2 atom stereocenters. The summed E-state index contributed by atoms with van der Waals surface area (Å²) in [5.74, 6) is -0.649. The molecule has 0 amide bonds. The molecule has 1 N–H and O–H groups in total. The van der Waals surface area contributed by atoms with Gasteiger partial charge in [0.05, 0.1) is 11.6 Å². The number of fused-ring (bicyclic) bond motifs is 1. The van der Waals surface area contributed by atoms with Gasteiger partial charge < -0.3 is 14.5 Å². The summed E-state index contributed by atoms with van der Waals surface area (Å²) in [5, 5.41) is 13.4. The van der Waals surface area contributed by atoms with Crippen LogP contribution >= 0.6 is 0 Å². The van der Waals surface area contributed by atoms with Gasteiger partial charge in [-0.2, -0.15) is 13.2 Å². The van der Waals surface area contributed by atoms with E-state index in [2.05, 4.69) is 10.1 Å². The van der Waals surface area contributed by atoms with E-state index in [1.165, 1.54) is 6.07 Å². The Labute approximate surface area is 147 Å². The van der Waals surface area contributed by atoms with Crippen molar-refractivity contribution in [2.24, 2.45) is 11.8 Å². The summed E-state index contributed by atoms with van der Waals surface area (Å²) >= 11 is 0. The fraction of sp³-hybridized carbons (Fsp3) is 0.556. The number of para-hydroxylation sites is 1. The average Bonchev–Trinajstić information content (AvgIpc) is 3.23. The van der Waals surface area contributed by atoms with Crippen molar-refractivity contribution in [3.05, 3.63) is 29.5 Å². The number of piperidine rings is 1. The lowest BCUT2D eigenvalue weighted by Gasteiger charge is -2.31. The maximum atomic E-state index is 13.1. The van der Waals surface area contributed by atoms with Crippen molar-refractivity contribution in [1.82, 2.24) is 10.1 Å². The van der Waals surface area contributed by atoms with Crippen LogP contribution in [0.5, 0.6) is 0 Å². The van der Waals surface area contributed by atoms with Gasteiger partial charge in [-0.25, -0.2) is 0 Å². The molecule has 0 spiro atoms. The van der Waals surface area contributed by atoms with E-state index in [9.17, 15) is 18.0 Å². The molecular formula is C18H19F3N2O3. The van der Waals surface area contributed by atoms with Gasteiger partial charge >= 0.3 is 12.1 Å². The summed E-state index contributed by atoms with van der Waals surface area (Å²) in [7, 11) is 0. The fourth-order valence-corrected chi connectivity index (χ4v) is 3.97. The van der Waals surface area contributed by atoms with Crippen LogP contribution in [-0.4, -0.2) is 40.8 Å². The van der Waals surface area contributed by atoms with E-state index in [4.69, 9.17) is 9.63 Å². The second-order valence-electron chi connectivity index (χ2n) is 7.26. The predicted octanol–water partition coefficient (Wildman–Crippen LogP) is 3.75. The number of nitrogens with zero attached hydrogens (tertiary/aromatic N) is 2. The first-order valence-corrected chi connectivity index (χ1v) is 8.75. The van der Waals surface area contributed by atoms with Gasteiger partial charge in [-0.05, 0) is 50.4 Å². The lowest BCUT2D eigenvalue weighted by molar-refractivity contribution is -0.139. The third-order valence-corrected chi connectivity index (χ3v) is 5.54. The molecule has 1 aliphatic carbocycles. The van der Waals surface area contributed by atoms with E-state index >= 15 is 0 Å². The quantitative estimate of drug-likeness (QED) is 0.890. The van der Waals surface area contributed by atoms with E-state index in [1.807, 2.05) is 0 Å². The number of alkyl halides is 3. The molecule has 1 unspecified atom stereocenters. The van der Waals surface area contributed by atoms with Crippen molar-refractivity contribution in [1.29, 1.82) is 0 Å². The highest BCUT2D eigenvalue weighted by atomic mass is 19.4. The highest BCUT2D eigenvalue weighted by Crippen LogP contribution is 2.41. The molecule has 1 aromatic heterocycles. The van der Waals surface area contributed by atoms with Crippen molar-refractivity contribution >= 4 is 16.9 Å². The molecule has 26 heavy (non-hydrogen) atoms. The minimum absolute atomic E-state index is 0.0606. The van der Waals surface area contributed by atoms with E-state index < -0.39 is 17.7 Å². The summed E-state index contributed by atoms with van der Waals surface area (Å²) in [4.78, 5) is 13.2. The summed E-state index contributed by atoms with van der Waals surface area (Å²) in [6.07, 6.45) is -2.17. The van der Waals surface area contributed by atoms with Gasteiger partial charge in [-0.15, -0.1) is 0 Å². The van der Waals surface area contributed by atoms with E-state index in [0.717, 1.165) is 45.0 Å². The Morgan fingerprint density at radius 3 is 2.65 bits per heavy atom. The number of aliphatic carboxylic acids is 1. The molecule has 1 saturated heterocycles. The third-order valence-electron chi connectivity index (χ3n) is 5.54. The minimum atomic E-state index is -4.47.